The van der Waals surface area contributed by atoms with Gasteiger partial charge in [-0.15, -0.1) is 10.2 Å². The average molecular weight is 299 g/mol. The second-order valence-electron chi connectivity index (χ2n) is 5.95. The van der Waals surface area contributed by atoms with Crippen LogP contribution in [-0.4, -0.2) is 22.1 Å². The quantitative estimate of drug-likeness (QED) is 0.942. The number of nitrogens with zero attached hydrogens (tertiary/aromatic N) is 2. The van der Waals surface area contributed by atoms with E-state index in [9.17, 15) is 4.79 Å². The van der Waals surface area contributed by atoms with Gasteiger partial charge < -0.3 is 9.73 Å². The van der Waals surface area contributed by atoms with Crippen molar-refractivity contribution in [2.45, 2.75) is 51.5 Å². The summed E-state index contributed by atoms with van der Waals surface area (Å²) in [6, 6.07) is 8.17. The van der Waals surface area contributed by atoms with Gasteiger partial charge in [-0.25, -0.2) is 0 Å². The molecule has 0 atom stereocenters. The fraction of sp³-hybridized carbons (Fsp3) is 0.471. The Balaban J connectivity index is 1.59. The minimum Gasteiger partial charge on any atom is -0.420 e. The van der Waals surface area contributed by atoms with Gasteiger partial charge in [0.25, 0.3) is 0 Å². The molecule has 1 aromatic heterocycles. The van der Waals surface area contributed by atoms with Crippen molar-refractivity contribution in [2.24, 2.45) is 0 Å². The highest BCUT2D eigenvalue weighted by Gasteiger charge is 2.18. The zero-order chi connectivity index (χ0) is 15.4. The summed E-state index contributed by atoms with van der Waals surface area (Å²) in [5, 5.41) is 11.0. The number of amides is 1. The summed E-state index contributed by atoms with van der Waals surface area (Å²) in [6.07, 6.45) is 5.96. The number of carbonyl (C=O) groups is 1. The summed E-state index contributed by atoms with van der Waals surface area (Å²) >= 11 is 0. The Morgan fingerprint density at radius 2 is 1.91 bits per heavy atom. The number of hydrogen-bond donors (Lipinski definition) is 1. The number of nitrogens with one attached hydrogen (secondary N) is 1. The molecule has 1 heterocycles. The maximum absolute atomic E-state index is 12.0. The summed E-state index contributed by atoms with van der Waals surface area (Å²) in [4.78, 5) is 12.0. The van der Waals surface area contributed by atoms with Crippen LogP contribution in [0, 0.1) is 6.92 Å². The molecule has 1 aromatic carbocycles. The van der Waals surface area contributed by atoms with Crippen molar-refractivity contribution in [3.8, 4) is 11.5 Å². The summed E-state index contributed by atoms with van der Waals surface area (Å²) < 4.78 is 5.59. The van der Waals surface area contributed by atoms with E-state index in [0.717, 1.165) is 18.4 Å². The Hall–Kier alpha value is -2.17. The summed E-state index contributed by atoms with van der Waals surface area (Å²) in [6.45, 7) is 2.03. The highest BCUT2D eigenvalue weighted by molar-refractivity contribution is 5.77. The van der Waals surface area contributed by atoms with Crippen molar-refractivity contribution >= 4 is 5.91 Å². The molecule has 1 aliphatic carbocycles. The first-order valence-electron chi connectivity index (χ1n) is 7.89. The third-order valence-corrected chi connectivity index (χ3v) is 4.05. The highest BCUT2D eigenvalue weighted by atomic mass is 16.4. The normalized spacial score (nSPS) is 15.7. The van der Waals surface area contributed by atoms with Crippen molar-refractivity contribution in [1.82, 2.24) is 15.5 Å². The van der Waals surface area contributed by atoms with Crippen LogP contribution >= 0.6 is 0 Å². The van der Waals surface area contributed by atoms with Crippen LogP contribution in [0.5, 0.6) is 0 Å². The average Bonchev–Trinajstić information content (AvgIpc) is 2.97. The first kappa shape index (κ1) is 14.8. The van der Waals surface area contributed by atoms with Gasteiger partial charge in [-0.2, -0.15) is 0 Å². The Bertz CT molecular complexity index is 628. The minimum absolute atomic E-state index is 0.0361. The second kappa shape index (κ2) is 6.73. The maximum atomic E-state index is 12.0. The van der Waals surface area contributed by atoms with Gasteiger partial charge in [0.15, 0.2) is 0 Å². The van der Waals surface area contributed by atoms with Gasteiger partial charge in [0, 0.05) is 11.6 Å². The van der Waals surface area contributed by atoms with E-state index in [1.165, 1.54) is 24.8 Å². The van der Waals surface area contributed by atoms with E-state index in [2.05, 4.69) is 15.5 Å². The Labute approximate surface area is 130 Å². The Morgan fingerprint density at radius 1 is 1.18 bits per heavy atom. The van der Waals surface area contributed by atoms with Crippen LogP contribution in [0.1, 0.15) is 43.6 Å². The third kappa shape index (κ3) is 3.72. The van der Waals surface area contributed by atoms with Crippen LogP contribution < -0.4 is 5.32 Å². The lowest BCUT2D eigenvalue weighted by Gasteiger charge is -2.22. The molecular formula is C17H21N3O2. The second-order valence-corrected chi connectivity index (χ2v) is 5.95. The molecule has 1 N–H and O–H groups in total. The van der Waals surface area contributed by atoms with Crippen LogP contribution in [0.3, 0.4) is 0 Å². The molecule has 5 nitrogen and oxygen atoms in total. The summed E-state index contributed by atoms with van der Waals surface area (Å²) in [5.41, 5.74) is 2.05. The van der Waals surface area contributed by atoms with E-state index in [1.54, 1.807) is 0 Å². The summed E-state index contributed by atoms with van der Waals surface area (Å²) in [7, 11) is 0. The van der Waals surface area contributed by atoms with Gasteiger partial charge in [-0.3, -0.25) is 4.79 Å². The molecule has 22 heavy (non-hydrogen) atoms. The number of rotatable bonds is 4. The predicted molar refractivity (Wildman–Crippen MR) is 83.2 cm³/mol. The van der Waals surface area contributed by atoms with E-state index < -0.39 is 0 Å². The lowest BCUT2D eigenvalue weighted by atomic mass is 9.95. The van der Waals surface area contributed by atoms with Gasteiger partial charge in [-0.05, 0) is 31.9 Å². The Morgan fingerprint density at radius 3 is 2.64 bits per heavy atom. The molecular weight excluding hydrogens is 278 g/mol. The van der Waals surface area contributed by atoms with Crippen molar-refractivity contribution in [1.29, 1.82) is 0 Å². The molecule has 0 unspecified atom stereocenters. The molecule has 3 rings (SSSR count). The third-order valence-electron chi connectivity index (χ3n) is 4.05. The van der Waals surface area contributed by atoms with Crippen molar-refractivity contribution in [3.63, 3.8) is 0 Å². The van der Waals surface area contributed by atoms with Gasteiger partial charge in [0.05, 0.1) is 0 Å². The van der Waals surface area contributed by atoms with E-state index in [-0.39, 0.29) is 12.3 Å². The monoisotopic (exact) mass is 299 g/mol. The molecule has 0 bridgehead atoms. The first-order valence-corrected chi connectivity index (χ1v) is 7.89. The lowest BCUT2D eigenvalue weighted by Crippen LogP contribution is -2.37. The molecule has 0 radical (unpaired) electrons. The van der Waals surface area contributed by atoms with Crippen LogP contribution in [0.25, 0.3) is 11.5 Å². The van der Waals surface area contributed by atoms with Crippen LogP contribution in [0.4, 0.5) is 0 Å². The van der Waals surface area contributed by atoms with Crippen LogP contribution in [0.15, 0.2) is 28.7 Å². The zero-order valence-electron chi connectivity index (χ0n) is 12.8. The van der Waals surface area contributed by atoms with Crippen LogP contribution in [-0.2, 0) is 11.2 Å². The maximum Gasteiger partial charge on any atom is 0.247 e. The molecule has 116 valence electrons. The predicted octanol–water partition coefficient (Wildman–Crippen LogP) is 3.04. The van der Waals surface area contributed by atoms with E-state index in [0.29, 0.717) is 17.8 Å². The Kier molecular flexibility index (Phi) is 4.51. The number of carbonyl (C=O) groups excluding carboxylic acids is 1. The zero-order valence-corrected chi connectivity index (χ0v) is 12.8. The first-order chi connectivity index (χ1) is 10.7. The lowest BCUT2D eigenvalue weighted by molar-refractivity contribution is -0.121. The number of aryl methyl sites for hydroxylation is 1. The van der Waals surface area contributed by atoms with E-state index in [4.69, 9.17) is 4.42 Å². The standard InChI is InChI=1S/C17H21N3O2/c1-12-7-9-13(10-8-12)17-20-19-16(22-17)11-15(21)18-14-5-3-2-4-6-14/h7-10,14H,2-6,11H2,1H3,(H,18,21). The highest BCUT2D eigenvalue weighted by Crippen LogP contribution is 2.19. The van der Waals surface area contributed by atoms with Gasteiger partial charge in [0.2, 0.25) is 17.7 Å². The molecule has 1 aliphatic rings. The van der Waals surface area contributed by atoms with Crippen molar-refractivity contribution in [2.75, 3.05) is 0 Å². The molecule has 5 heteroatoms. The van der Waals surface area contributed by atoms with Crippen molar-refractivity contribution in [3.05, 3.63) is 35.7 Å². The van der Waals surface area contributed by atoms with Crippen LogP contribution in [0.2, 0.25) is 0 Å². The van der Waals surface area contributed by atoms with E-state index in [1.807, 2.05) is 31.2 Å². The minimum atomic E-state index is -0.0361. The topological polar surface area (TPSA) is 68.0 Å². The smallest absolute Gasteiger partial charge is 0.247 e. The molecule has 1 saturated carbocycles. The number of aromatic nitrogens is 2. The largest absolute Gasteiger partial charge is 0.420 e. The molecule has 1 amide bonds. The van der Waals surface area contributed by atoms with Crippen molar-refractivity contribution < 1.29 is 9.21 Å². The SMILES string of the molecule is Cc1ccc(-c2nnc(CC(=O)NC3CCCCC3)o2)cc1. The van der Waals surface area contributed by atoms with Gasteiger partial charge in [0.1, 0.15) is 6.42 Å². The fourth-order valence-electron chi connectivity index (χ4n) is 2.80. The van der Waals surface area contributed by atoms with Gasteiger partial charge in [-0.1, -0.05) is 37.0 Å². The number of benzene rings is 1. The molecule has 0 saturated heterocycles. The summed E-state index contributed by atoms with van der Waals surface area (Å²) in [5.74, 6) is 0.787. The molecule has 2 aromatic rings. The van der Waals surface area contributed by atoms with Gasteiger partial charge >= 0.3 is 0 Å². The molecule has 0 aliphatic heterocycles. The number of hydrogen-bond acceptors (Lipinski definition) is 4. The molecule has 0 spiro atoms. The molecule has 1 fully saturated rings. The van der Waals surface area contributed by atoms with E-state index >= 15 is 0 Å². The fourth-order valence-corrected chi connectivity index (χ4v) is 2.80.